The minimum atomic E-state index is 0.397. The molecule has 2 rings (SSSR count). The van der Waals surface area contributed by atoms with Crippen LogP contribution in [0.4, 0.5) is 0 Å². The van der Waals surface area contributed by atoms with Crippen LogP contribution in [0.15, 0.2) is 18.5 Å². The molecule has 1 aromatic heterocycles. The van der Waals surface area contributed by atoms with Crippen LogP contribution in [0, 0.1) is 5.92 Å². The summed E-state index contributed by atoms with van der Waals surface area (Å²) in [6, 6.07) is 2.51. The van der Waals surface area contributed by atoms with Gasteiger partial charge in [-0.15, -0.1) is 0 Å². The van der Waals surface area contributed by atoms with Gasteiger partial charge >= 0.3 is 0 Å². The molecule has 3 nitrogen and oxygen atoms in total. The molecule has 1 aliphatic rings. The van der Waals surface area contributed by atoms with Crippen LogP contribution in [0.5, 0.6) is 5.75 Å². The van der Waals surface area contributed by atoms with E-state index in [1.54, 1.807) is 6.20 Å². The number of rotatable bonds is 7. The van der Waals surface area contributed by atoms with Crippen molar-refractivity contribution < 1.29 is 4.74 Å². The first-order valence-electron chi connectivity index (χ1n) is 7.58. The predicted molar refractivity (Wildman–Crippen MR) is 78.4 cm³/mol. The lowest BCUT2D eigenvalue weighted by atomic mass is 9.95. The van der Waals surface area contributed by atoms with E-state index in [0.717, 1.165) is 11.7 Å². The Morgan fingerprint density at radius 1 is 1.37 bits per heavy atom. The average molecular weight is 262 g/mol. The summed E-state index contributed by atoms with van der Waals surface area (Å²) in [5.74, 6) is 1.82. The summed E-state index contributed by atoms with van der Waals surface area (Å²) >= 11 is 0. The number of hydrogen-bond donors (Lipinski definition) is 1. The lowest BCUT2D eigenvalue weighted by Crippen LogP contribution is -2.17. The van der Waals surface area contributed by atoms with Gasteiger partial charge in [0.25, 0.3) is 0 Å². The Morgan fingerprint density at radius 3 is 2.84 bits per heavy atom. The molecule has 19 heavy (non-hydrogen) atoms. The molecular weight excluding hydrogens is 236 g/mol. The Morgan fingerprint density at radius 2 is 2.16 bits per heavy atom. The van der Waals surface area contributed by atoms with Gasteiger partial charge in [-0.3, -0.25) is 4.98 Å². The molecule has 1 saturated carbocycles. The molecule has 1 heterocycles. The normalized spacial score (nSPS) is 17.6. The van der Waals surface area contributed by atoms with Crippen LogP contribution in [0.25, 0.3) is 0 Å². The number of aromatic nitrogens is 1. The molecule has 1 N–H and O–H groups in total. The first kappa shape index (κ1) is 14.3. The SMILES string of the molecule is CCOc1cncc(C(CCC2CCCC2)NC)c1. The minimum absolute atomic E-state index is 0.397. The topological polar surface area (TPSA) is 34.1 Å². The van der Waals surface area contributed by atoms with Crippen LogP contribution in [0.1, 0.15) is 57.1 Å². The zero-order valence-corrected chi connectivity index (χ0v) is 12.2. The highest BCUT2D eigenvalue weighted by Gasteiger charge is 2.18. The highest BCUT2D eigenvalue weighted by molar-refractivity contribution is 5.26. The third kappa shape index (κ3) is 4.20. The van der Waals surface area contributed by atoms with Crippen molar-refractivity contribution in [1.29, 1.82) is 0 Å². The van der Waals surface area contributed by atoms with Crippen molar-refractivity contribution in [3.63, 3.8) is 0 Å². The number of pyridine rings is 1. The second kappa shape index (κ2) is 7.49. The molecule has 1 fully saturated rings. The Bertz CT molecular complexity index is 375. The molecule has 0 saturated heterocycles. The maximum Gasteiger partial charge on any atom is 0.137 e. The van der Waals surface area contributed by atoms with Crippen molar-refractivity contribution in [2.24, 2.45) is 5.92 Å². The summed E-state index contributed by atoms with van der Waals surface area (Å²) < 4.78 is 5.53. The third-order valence-corrected chi connectivity index (χ3v) is 4.13. The van der Waals surface area contributed by atoms with Crippen LogP contribution in [0.3, 0.4) is 0 Å². The maximum absolute atomic E-state index is 5.53. The summed E-state index contributed by atoms with van der Waals surface area (Å²) in [5, 5.41) is 3.42. The highest BCUT2D eigenvalue weighted by Crippen LogP contribution is 2.31. The zero-order valence-electron chi connectivity index (χ0n) is 12.2. The molecule has 0 bridgehead atoms. The van der Waals surface area contributed by atoms with E-state index in [9.17, 15) is 0 Å². The highest BCUT2D eigenvalue weighted by atomic mass is 16.5. The smallest absolute Gasteiger partial charge is 0.137 e. The van der Waals surface area contributed by atoms with Crippen molar-refractivity contribution in [1.82, 2.24) is 10.3 Å². The van der Waals surface area contributed by atoms with E-state index in [4.69, 9.17) is 4.74 Å². The van der Waals surface area contributed by atoms with E-state index in [1.807, 2.05) is 20.2 Å². The van der Waals surface area contributed by atoms with Crippen molar-refractivity contribution in [2.45, 2.75) is 51.5 Å². The maximum atomic E-state index is 5.53. The van der Waals surface area contributed by atoms with Gasteiger partial charge < -0.3 is 10.1 Å². The van der Waals surface area contributed by atoms with Gasteiger partial charge in [0.1, 0.15) is 5.75 Å². The molecule has 0 aromatic carbocycles. The van der Waals surface area contributed by atoms with Crippen LogP contribution in [-0.2, 0) is 0 Å². The van der Waals surface area contributed by atoms with Gasteiger partial charge in [0, 0.05) is 12.2 Å². The third-order valence-electron chi connectivity index (χ3n) is 4.13. The van der Waals surface area contributed by atoms with E-state index in [1.165, 1.54) is 44.1 Å². The molecule has 0 spiro atoms. The van der Waals surface area contributed by atoms with E-state index < -0.39 is 0 Å². The van der Waals surface area contributed by atoms with E-state index >= 15 is 0 Å². The van der Waals surface area contributed by atoms with Crippen molar-refractivity contribution >= 4 is 0 Å². The first-order valence-corrected chi connectivity index (χ1v) is 7.58. The van der Waals surface area contributed by atoms with Crippen LogP contribution in [0.2, 0.25) is 0 Å². The molecular formula is C16H26N2O. The number of nitrogens with zero attached hydrogens (tertiary/aromatic N) is 1. The summed E-state index contributed by atoms with van der Waals surface area (Å²) in [6.45, 7) is 2.69. The molecule has 0 aliphatic heterocycles. The molecule has 1 aliphatic carbocycles. The molecule has 1 unspecified atom stereocenters. The van der Waals surface area contributed by atoms with Gasteiger partial charge in [-0.2, -0.15) is 0 Å². The average Bonchev–Trinajstić information content (AvgIpc) is 2.94. The molecule has 3 heteroatoms. The van der Waals surface area contributed by atoms with Crippen LogP contribution in [-0.4, -0.2) is 18.6 Å². The summed E-state index contributed by atoms with van der Waals surface area (Å²) in [7, 11) is 2.03. The fourth-order valence-electron chi connectivity index (χ4n) is 3.05. The Kier molecular flexibility index (Phi) is 5.64. The summed E-state index contributed by atoms with van der Waals surface area (Å²) in [6.07, 6.45) is 12.0. The lowest BCUT2D eigenvalue weighted by Gasteiger charge is -2.19. The van der Waals surface area contributed by atoms with Gasteiger partial charge in [-0.05, 0) is 44.4 Å². The Labute approximate surface area is 116 Å². The monoisotopic (exact) mass is 262 g/mol. The van der Waals surface area contributed by atoms with Crippen LogP contribution >= 0.6 is 0 Å². The number of hydrogen-bond acceptors (Lipinski definition) is 3. The Hall–Kier alpha value is -1.09. The van der Waals surface area contributed by atoms with Crippen LogP contribution < -0.4 is 10.1 Å². The largest absolute Gasteiger partial charge is 0.492 e. The summed E-state index contributed by atoms with van der Waals surface area (Å²) in [4.78, 5) is 4.29. The van der Waals surface area contributed by atoms with Gasteiger partial charge in [-0.1, -0.05) is 25.7 Å². The zero-order chi connectivity index (χ0) is 13.5. The van der Waals surface area contributed by atoms with Crippen molar-refractivity contribution in [3.05, 3.63) is 24.0 Å². The van der Waals surface area contributed by atoms with Crippen molar-refractivity contribution in [3.8, 4) is 5.75 Å². The number of nitrogens with one attached hydrogen (secondary N) is 1. The molecule has 1 aromatic rings. The van der Waals surface area contributed by atoms with Gasteiger partial charge in [0.2, 0.25) is 0 Å². The predicted octanol–water partition coefficient (Wildman–Crippen LogP) is 3.71. The second-order valence-corrected chi connectivity index (χ2v) is 5.46. The molecule has 0 amide bonds. The summed E-state index contributed by atoms with van der Waals surface area (Å²) in [5.41, 5.74) is 1.24. The Balaban J connectivity index is 1.93. The quantitative estimate of drug-likeness (QED) is 0.813. The standard InChI is InChI=1S/C16H26N2O/c1-3-19-15-10-14(11-18-12-15)16(17-2)9-8-13-6-4-5-7-13/h10-13,16-17H,3-9H2,1-2H3. The first-order chi connectivity index (χ1) is 9.33. The fraction of sp³-hybridized carbons (Fsp3) is 0.688. The molecule has 0 radical (unpaired) electrons. The fourth-order valence-corrected chi connectivity index (χ4v) is 3.05. The minimum Gasteiger partial charge on any atom is -0.492 e. The second-order valence-electron chi connectivity index (χ2n) is 5.46. The number of ether oxygens (including phenoxy) is 1. The van der Waals surface area contributed by atoms with E-state index in [-0.39, 0.29) is 0 Å². The van der Waals surface area contributed by atoms with Gasteiger partial charge in [0.05, 0.1) is 12.8 Å². The van der Waals surface area contributed by atoms with Gasteiger partial charge in [0.15, 0.2) is 0 Å². The molecule has 1 atom stereocenters. The van der Waals surface area contributed by atoms with Gasteiger partial charge in [-0.25, -0.2) is 0 Å². The van der Waals surface area contributed by atoms with E-state index in [0.29, 0.717) is 12.6 Å². The lowest BCUT2D eigenvalue weighted by molar-refractivity contribution is 0.337. The molecule has 106 valence electrons. The van der Waals surface area contributed by atoms with E-state index in [2.05, 4.69) is 16.4 Å². The van der Waals surface area contributed by atoms with Crippen molar-refractivity contribution in [2.75, 3.05) is 13.7 Å².